The van der Waals surface area contributed by atoms with Crippen LogP contribution in [0.1, 0.15) is 80.4 Å². The summed E-state index contributed by atoms with van der Waals surface area (Å²) in [6, 6.07) is 14.6. The van der Waals surface area contributed by atoms with Crippen LogP contribution in [0.15, 0.2) is 54.7 Å². The number of halogens is 1. The van der Waals surface area contributed by atoms with Gasteiger partial charge in [-0.2, -0.15) is 5.10 Å². The van der Waals surface area contributed by atoms with Crippen LogP contribution >= 0.6 is 11.3 Å². The lowest BCUT2D eigenvalue weighted by atomic mass is 10.1. The number of amides is 3. The Bertz CT molecular complexity index is 1850. The van der Waals surface area contributed by atoms with E-state index >= 15 is 4.39 Å². The summed E-state index contributed by atoms with van der Waals surface area (Å²) < 4.78 is 28.2. The van der Waals surface area contributed by atoms with Gasteiger partial charge in [-0.3, -0.25) is 14.8 Å². The fraction of sp³-hybridized carbons (Fsp3) is 0.417. The molecule has 1 saturated carbocycles. The summed E-state index contributed by atoms with van der Waals surface area (Å²) in [6.45, 7) is 6.66. The number of ether oxygens (including phenoxy) is 2. The maximum absolute atomic E-state index is 15.6. The van der Waals surface area contributed by atoms with Crippen molar-refractivity contribution in [3.63, 3.8) is 0 Å². The number of benzene rings is 2. The largest absolute Gasteiger partial charge is 0.445 e. The van der Waals surface area contributed by atoms with Crippen molar-refractivity contribution in [1.29, 1.82) is 0 Å². The van der Waals surface area contributed by atoms with Crippen molar-refractivity contribution in [3.05, 3.63) is 77.4 Å². The summed E-state index contributed by atoms with van der Waals surface area (Å²) in [7, 11) is 1.79. The molecule has 6 rings (SSSR count). The van der Waals surface area contributed by atoms with Gasteiger partial charge in [-0.25, -0.2) is 19.0 Å². The van der Waals surface area contributed by atoms with E-state index in [-0.39, 0.29) is 45.6 Å². The van der Waals surface area contributed by atoms with E-state index in [1.54, 1.807) is 56.9 Å². The number of anilines is 3. The first-order valence-electron chi connectivity index (χ1n) is 16.8. The van der Waals surface area contributed by atoms with Gasteiger partial charge in [-0.05, 0) is 76.0 Å². The standard InChI is InChI=1S/C36H42FN7O5S/c1-36(2,3)49-35(47)42-32-29(41-31(50-32)26-14-8-13-25(28(26)37)23-15-16-23)30(45)40-27-20-38-43(4)33(27)44-18-9-12-24(17-19-44)39-34(46)48-21-22-10-6-5-7-11-22/h5-8,10-11,13-14,20,23-24H,9,12,15-19,21H2,1-4H3,(H,39,46)(H,40,45)(H,42,47)/t24-/m0/s1. The van der Waals surface area contributed by atoms with Gasteiger partial charge >= 0.3 is 12.2 Å². The fourth-order valence-electron chi connectivity index (χ4n) is 5.95. The highest BCUT2D eigenvalue weighted by Crippen LogP contribution is 2.44. The third kappa shape index (κ3) is 8.59. The molecule has 0 radical (unpaired) electrons. The van der Waals surface area contributed by atoms with E-state index < -0.39 is 23.7 Å². The molecule has 0 spiro atoms. The van der Waals surface area contributed by atoms with Crippen molar-refractivity contribution in [2.75, 3.05) is 28.6 Å². The normalized spacial score (nSPS) is 16.3. The van der Waals surface area contributed by atoms with Crippen LogP contribution < -0.4 is 20.9 Å². The summed E-state index contributed by atoms with van der Waals surface area (Å²) >= 11 is 1.01. The number of alkyl carbamates (subject to hydrolysis) is 1. The zero-order chi connectivity index (χ0) is 35.4. The lowest BCUT2D eigenvalue weighted by molar-refractivity contribution is 0.0636. The average Bonchev–Trinajstić information content (AvgIpc) is 3.79. The molecule has 2 aromatic heterocycles. The first kappa shape index (κ1) is 34.9. The van der Waals surface area contributed by atoms with E-state index in [4.69, 9.17) is 9.47 Å². The van der Waals surface area contributed by atoms with Crippen LogP contribution in [-0.4, -0.2) is 57.6 Å². The Labute approximate surface area is 294 Å². The monoisotopic (exact) mass is 703 g/mol. The number of thiazole rings is 1. The molecule has 1 aliphatic heterocycles. The van der Waals surface area contributed by atoms with Crippen molar-refractivity contribution in [3.8, 4) is 10.6 Å². The molecule has 3 amide bonds. The number of hydrogen-bond donors (Lipinski definition) is 3. The highest BCUT2D eigenvalue weighted by atomic mass is 32.1. The number of rotatable bonds is 9. The van der Waals surface area contributed by atoms with Crippen LogP contribution in [0, 0.1) is 5.82 Å². The van der Waals surface area contributed by atoms with Crippen LogP contribution in [0.5, 0.6) is 0 Å². The average molecular weight is 704 g/mol. The van der Waals surface area contributed by atoms with E-state index in [0.717, 1.165) is 42.6 Å². The van der Waals surface area contributed by atoms with Crippen molar-refractivity contribution < 1.29 is 28.2 Å². The summed E-state index contributed by atoms with van der Waals surface area (Å²) in [4.78, 5) is 45.9. The summed E-state index contributed by atoms with van der Waals surface area (Å²) in [6.07, 6.45) is 4.40. The number of nitrogens with one attached hydrogen (secondary N) is 3. The molecule has 4 aromatic rings. The smallest absolute Gasteiger partial charge is 0.412 e. The maximum Gasteiger partial charge on any atom is 0.412 e. The fourth-order valence-corrected chi connectivity index (χ4v) is 6.92. The Kier molecular flexibility index (Phi) is 10.4. The van der Waals surface area contributed by atoms with Crippen molar-refractivity contribution in [2.24, 2.45) is 7.05 Å². The number of aryl methyl sites for hydroxylation is 1. The molecule has 50 heavy (non-hydrogen) atoms. The van der Waals surface area contributed by atoms with Crippen LogP contribution in [-0.2, 0) is 23.1 Å². The van der Waals surface area contributed by atoms with E-state index in [9.17, 15) is 14.4 Å². The van der Waals surface area contributed by atoms with E-state index in [0.29, 0.717) is 36.6 Å². The predicted molar refractivity (Wildman–Crippen MR) is 190 cm³/mol. The van der Waals surface area contributed by atoms with Gasteiger partial charge in [0.05, 0.1) is 6.20 Å². The topological polar surface area (TPSA) is 140 Å². The minimum atomic E-state index is -0.778. The highest BCUT2D eigenvalue weighted by molar-refractivity contribution is 7.19. The number of carbonyl (C=O) groups excluding carboxylic acids is 3. The Hall–Kier alpha value is -4.98. The quantitative estimate of drug-likeness (QED) is 0.163. The van der Waals surface area contributed by atoms with Crippen molar-refractivity contribution >= 4 is 45.9 Å². The molecule has 0 unspecified atom stereocenters. The second-order valence-corrected chi connectivity index (χ2v) is 14.6. The highest BCUT2D eigenvalue weighted by Gasteiger charge is 2.31. The molecule has 1 atom stereocenters. The molecule has 0 bridgehead atoms. The van der Waals surface area contributed by atoms with E-state index in [2.05, 4.69) is 30.9 Å². The van der Waals surface area contributed by atoms with Crippen molar-refractivity contribution in [1.82, 2.24) is 20.1 Å². The first-order valence-corrected chi connectivity index (χ1v) is 17.6. The Balaban J connectivity index is 1.17. The maximum atomic E-state index is 15.6. The van der Waals surface area contributed by atoms with Gasteiger partial charge in [0.25, 0.3) is 5.91 Å². The molecular formula is C36H42FN7O5S. The molecule has 264 valence electrons. The molecule has 14 heteroatoms. The van der Waals surface area contributed by atoms with Crippen LogP contribution in [0.25, 0.3) is 10.6 Å². The third-order valence-electron chi connectivity index (χ3n) is 8.45. The molecule has 12 nitrogen and oxygen atoms in total. The van der Waals surface area contributed by atoms with Gasteiger partial charge in [0.2, 0.25) is 0 Å². The van der Waals surface area contributed by atoms with Gasteiger partial charge in [-0.15, -0.1) is 0 Å². The molecule has 3 N–H and O–H groups in total. The molecule has 3 heterocycles. The van der Waals surface area contributed by atoms with Crippen molar-refractivity contribution in [2.45, 2.75) is 77.0 Å². The number of carbonyl (C=O) groups is 3. The Morgan fingerprint density at radius 3 is 2.50 bits per heavy atom. The molecule has 2 aliphatic rings. The second-order valence-electron chi connectivity index (χ2n) is 13.6. The minimum absolute atomic E-state index is 0.0731. The van der Waals surface area contributed by atoms with Gasteiger partial charge < -0.3 is 25.0 Å². The minimum Gasteiger partial charge on any atom is -0.445 e. The summed E-state index contributed by atoms with van der Waals surface area (Å²) in [5.74, 6) is -0.0972. The zero-order valence-electron chi connectivity index (χ0n) is 28.6. The van der Waals surface area contributed by atoms with Crippen LogP contribution in [0.4, 0.5) is 30.5 Å². The number of hydrogen-bond acceptors (Lipinski definition) is 9. The summed E-state index contributed by atoms with van der Waals surface area (Å²) in [5.41, 5.74) is 1.41. The number of nitrogens with zero attached hydrogens (tertiary/aromatic N) is 4. The third-order valence-corrected chi connectivity index (χ3v) is 9.46. The predicted octanol–water partition coefficient (Wildman–Crippen LogP) is 7.44. The molecular weight excluding hydrogens is 662 g/mol. The van der Waals surface area contributed by atoms with Gasteiger partial charge in [0.15, 0.2) is 11.5 Å². The zero-order valence-corrected chi connectivity index (χ0v) is 29.4. The molecule has 1 saturated heterocycles. The van der Waals surface area contributed by atoms with Crippen LogP contribution in [0.2, 0.25) is 0 Å². The Morgan fingerprint density at radius 1 is 0.980 bits per heavy atom. The first-order chi connectivity index (χ1) is 23.9. The molecule has 2 aromatic carbocycles. The van der Waals surface area contributed by atoms with E-state index in [1.807, 2.05) is 30.3 Å². The number of aromatic nitrogens is 3. The van der Waals surface area contributed by atoms with E-state index in [1.165, 1.54) is 0 Å². The second kappa shape index (κ2) is 14.9. The molecule has 1 aliphatic carbocycles. The lowest BCUT2D eigenvalue weighted by Crippen LogP contribution is -2.36. The lowest BCUT2D eigenvalue weighted by Gasteiger charge is -2.24. The van der Waals surface area contributed by atoms with Gasteiger partial charge in [0.1, 0.15) is 33.7 Å². The summed E-state index contributed by atoms with van der Waals surface area (Å²) in [5, 5.41) is 13.4. The molecule has 2 fully saturated rings. The van der Waals surface area contributed by atoms with Gasteiger partial charge in [0, 0.05) is 31.7 Å². The Morgan fingerprint density at radius 2 is 1.76 bits per heavy atom. The SMILES string of the molecule is Cn1ncc(NC(=O)c2nc(-c3cccc(C4CC4)c3F)sc2NC(=O)OC(C)(C)C)c1N1CCC[C@H](NC(=O)OCc2ccccc2)CC1. The van der Waals surface area contributed by atoms with Gasteiger partial charge in [-0.1, -0.05) is 53.8 Å². The van der Waals surface area contributed by atoms with Crippen LogP contribution in [0.3, 0.4) is 0 Å².